The minimum absolute atomic E-state index is 0.0416. The van der Waals surface area contributed by atoms with Gasteiger partial charge in [-0.1, -0.05) is 0 Å². The first-order chi connectivity index (χ1) is 12.6. The molecular weight excluding hydrogens is 368 g/mol. The third kappa shape index (κ3) is 3.01. The Morgan fingerprint density at radius 2 is 1.78 bits per heavy atom. The van der Waals surface area contributed by atoms with Gasteiger partial charge in [-0.05, 0) is 45.7 Å². The average Bonchev–Trinajstić information content (AvgIpc) is 3.03. The Hall–Kier alpha value is -2.68. The molecule has 3 aromatic heterocycles. The Balaban J connectivity index is 2.12. The van der Waals surface area contributed by atoms with Crippen LogP contribution in [0.25, 0.3) is 11.2 Å². The summed E-state index contributed by atoms with van der Waals surface area (Å²) in [6, 6.07) is 1.42. The highest BCUT2D eigenvalue weighted by atomic mass is 32.2. The molecule has 8 nitrogen and oxygen atoms in total. The number of imidazole rings is 1. The summed E-state index contributed by atoms with van der Waals surface area (Å²) in [4.78, 5) is 26.4. The number of hydrogen-bond acceptors (Lipinski definition) is 6. The molecule has 0 aromatic carbocycles. The number of nitrogens with one attached hydrogen (secondary N) is 2. The zero-order chi connectivity index (χ0) is 20.1. The van der Waals surface area contributed by atoms with Crippen LogP contribution in [-0.4, -0.2) is 36.4 Å². The number of fused-ring (bicyclic) bond motifs is 1. The van der Waals surface area contributed by atoms with Crippen LogP contribution in [0.3, 0.4) is 0 Å². The molecule has 0 spiro atoms. The van der Waals surface area contributed by atoms with Gasteiger partial charge in [0.05, 0.1) is 17.4 Å². The van der Waals surface area contributed by atoms with Crippen molar-refractivity contribution in [1.29, 1.82) is 0 Å². The maximum Gasteiger partial charge on any atom is 0.258 e. The highest BCUT2D eigenvalue weighted by Crippen LogP contribution is 2.33. The number of hydrogen-bond donors (Lipinski definition) is 3. The zero-order valence-electron chi connectivity index (χ0n) is 16.1. The fourth-order valence-electron chi connectivity index (χ4n) is 3.01. The van der Waals surface area contributed by atoms with Crippen molar-refractivity contribution in [2.24, 2.45) is 0 Å². The lowest BCUT2D eigenvalue weighted by molar-refractivity contribution is 0.360. The predicted octanol–water partition coefficient (Wildman–Crippen LogP) is 2.33. The molecule has 0 aliphatic heterocycles. The number of pyridine rings is 2. The summed E-state index contributed by atoms with van der Waals surface area (Å²) in [6.45, 7) is 9.11. The van der Waals surface area contributed by atoms with E-state index in [0.29, 0.717) is 16.8 Å². The summed E-state index contributed by atoms with van der Waals surface area (Å²) >= 11 is 0. The molecule has 0 aliphatic rings. The lowest BCUT2D eigenvalue weighted by Crippen LogP contribution is -2.31. The molecule has 3 N–H and O–H groups in total. The van der Waals surface area contributed by atoms with Gasteiger partial charge in [0.25, 0.3) is 11.4 Å². The molecule has 3 aromatic rings. The van der Waals surface area contributed by atoms with Crippen LogP contribution in [0.1, 0.15) is 36.2 Å². The summed E-state index contributed by atoms with van der Waals surface area (Å²) in [5.74, 6) is -0.0977. The highest BCUT2D eigenvalue weighted by Gasteiger charge is 2.35. The smallest absolute Gasteiger partial charge is 0.258 e. The van der Waals surface area contributed by atoms with Crippen LogP contribution in [0.2, 0.25) is 0 Å². The first-order valence-corrected chi connectivity index (χ1v) is 9.49. The average molecular weight is 390 g/mol. The van der Waals surface area contributed by atoms with E-state index >= 15 is 0 Å². The molecule has 144 valence electrons. The number of nitrogens with zero attached hydrogens (tertiary/aromatic N) is 2. The summed E-state index contributed by atoms with van der Waals surface area (Å²) in [7, 11) is -0.235. The Morgan fingerprint density at radius 1 is 1.11 bits per heavy atom. The molecule has 27 heavy (non-hydrogen) atoms. The van der Waals surface area contributed by atoms with E-state index in [0.717, 1.165) is 11.1 Å². The fraction of sp³-hybridized carbons (Fsp3) is 0.389. The van der Waals surface area contributed by atoms with Gasteiger partial charge in [0, 0.05) is 17.3 Å². The second-order valence-electron chi connectivity index (χ2n) is 6.91. The quantitative estimate of drug-likeness (QED) is 0.629. The Labute approximate surface area is 158 Å². The number of aromatic amines is 2. The van der Waals surface area contributed by atoms with Crippen LogP contribution in [0.4, 0.5) is 0 Å². The molecule has 1 atom stereocenters. The number of methoxy groups -OCH3 is 1. The number of H-pyrrole nitrogens is 2. The minimum atomic E-state index is -1.63. The Kier molecular flexibility index (Phi) is 4.59. The summed E-state index contributed by atoms with van der Waals surface area (Å²) in [6.07, 6.45) is 0. The van der Waals surface area contributed by atoms with E-state index in [1.165, 1.54) is 13.2 Å². The first-order valence-electron chi connectivity index (χ1n) is 8.34. The number of ether oxygens (including phenoxy) is 1. The topological polar surface area (TPSA) is 121 Å². The van der Waals surface area contributed by atoms with Gasteiger partial charge in [-0.3, -0.25) is 9.00 Å². The fourth-order valence-corrected chi connectivity index (χ4v) is 4.25. The maximum absolute atomic E-state index is 13.3. The SMILES string of the molecule is COc1nc2nc(S(=O)C(C)(C)c3[nH]c(=O)c(C)c(C)c3C)[nH]c2cc1O. The van der Waals surface area contributed by atoms with Gasteiger partial charge in [-0.2, -0.15) is 4.98 Å². The normalized spacial score (nSPS) is 13.1. The Morgan fingerprint density at radius 3 is 2.41 bits per heavy atom. The van der Waals surface area contributed by atoms with E-state index in [9.17, 15) is 14.1 Å². The van der Waals surface area contributed by atoms with Crippen LogP contribution < -0.4 is 10.3 Å². The largest absolute Gasteiger partial charge is 0.503 e. The van der Waals surface area contributed by atoms with Crippen molar-refractivity contribution < 1.29 is 14.1 Å². The monoisotopic (exact) mass is 390 g/mol. The third-order valence-corrected chi connectivity index (χ3v) is 6.59. The molecule has 1 unspecified atom stereocenters. The van der Waals surface area contributed by atoms with Crippen LogP contribution in [0.15, 0.2) is 16.0 Å². The van der Waals surface area contributed by atoms with Crippen molar-refractivity contribution in [3.05, 3.63) is 38.8 Å². The van der Waals surface area contributed by atoms with E-state index in [2.05, 4.69) is 19.9 Å². The van der Waals surface area contributed by atoms with E-state index < -0.39 is 15.5 Å². The molecule has 0 radical (unpaired) electrons. The lowest BCUT2D eigenvalue weighted by Gasteiger charge is -2.25. The van der Waals surface area contributed by atoms with Crippen molar-refractivity contribution in [1.82, 2.24) is 19.9 Å². The molecule has 3 rings (SSSR count). The number of aromatic hydroxyl groups is 1. The van der Waals surface area contributed by atoms with Crippen molar-refractivity contribution >= 4 is 22.0 Å². The van der Waals surface area contributed by atoms with Crippen LogP contribution in [-0.2, 0) is 15.5 Å². The molecule has 0 fully saturated rings. The van der Waals surface area contributed by atoms with Gasteiger partial charge in [-0.15, -0.1) is 0 Å². The molecule has 9 heteroatoms. The van der Waals surface area contributed by atoms with Gasteiger partial charge < -0.3 is 19.8 Å². The van der Waals surface area contributed by atoms with Crippen molar-refractivity contribution in [2.45, 2.75) is 44.5 Å². The third-order valence-electron chi connectivity index (χ3n) is 4.91. The van der Waals surface area contributed by atoms with Crippen LogP contribution in [0, 0.1) is 20.8 Å². The molecule has 0 amide bonds. The highest BCUT2D eigenvalue weighted by molar-refractivity contribution is 7.85. The maximum atomic E-state index is 13.3. The predicted molar refractivity (Wildman–Crippen MR) is 103 cm³/mol. The van der Waals surface area contributed by atoms with Crippen LogP contribution >= 0.6 is 0 Å². The van der Waals surface area contributed by atoms with E-state index in [-0.39, 0.29) is 28.0 Å². The second-order valence-corrected chi connectivity index (χ2v) is 8.86. The van der Waals surface area contributed by atoms with Gasteiger partial charge in [0.15, 0.2) is 16.6 Å². The molecule has 3 heterocycles. The van der Waals surface area contributed by atoms with Crippen molar-refractivity contribution in [3.8, 4) is 11.6 Å². The summed E-state index contributed by atoms with van der Waals surface area (Å²) in [5, 5.41) is 10.1. The van der Waals surface area contributed by atoms with Gasteiger partial charge in [-0.25, -0.2) is 4.98 Å². The van der Waals surface area contributed by atoms with Gasteiger partial charge >= 0.3 is 0 Å². The van der Waals surface area contributed by atoms with Crippen LogP contribution in [0.5, 0.6) is 11.6 Å². The van der Waals surface area contributed by atoms with Gasteiger partial charge in [0.1, 0.15) is 10.8 Å². The second kappa shape index (κ2) is 6.49. The minimum Gasteiger partial charge on any atom is -0.503 e. The molecule has 0 saturated carbocycles. The first kappa shape index (κ1) is 19.1. The van der Waals surface area contributed by atoms with Crippen molar-refractivity contribution in [2.75, 3.05) is 7.11 Å². The lowest BCUT2D eigenvalue weighted by atomic mass is 9.98. The number of rotatable bonds is 4. The van der Waals surface area contributed by atoms with E-state index in [4.69, 9.17) is 4.74 Å². The number of aromatic nitrogens is 4. The molecular formula is C18H22N4O4S. The molecule has 0 bridgehead atoms. The molecule has 0 aliphatic carbocycles. The summed E-state index contributed by atoms with van der Waals surface area (Å²) in [5.41, 5.74) is 3.54. The Bertz CT molecular complexity index is 1130. The van der Waals surface area contributed by atoms with Crippen molar-refractivity contribution in [3.63, 3.8) is 0 Å². The molecule has 0 saturated heterocycles. The van der Waals surface area contributed by atoms with E-state index in [1.807, 2.05) is 13.8 Å². The zero-order valence-corrected chi connectivity index (χ0v) is 16.9. The summed E-state index contributed by atoms with van der Waals surface area (Å²) < 4.78 is 17.4. The standard InChI is InChI=1S/C18H22N4O4S/c1-8-9(2)13(20-15(24)10(8)3)18(4,5)27(25)17-19-11-7-12(23)16(26-6)21-14(11)22-17/h7,23H,1-6H3,(H,20,24)(H,19,21,22). The van der Waals surface area contributed by atoms with E-state index in [1.54, 1.807) is 20.8 Å². The van der Waals surface area contributed by atoms with Gasteiger partial charge in [0.2, 0.25) is 0 Å².